The van der Waals surface area contributed by atoms with Crippen LogP contribution in [0.1, 0.15) is 24.8 Å². The molecule has 0 aliphatic heterocycles. The van der Waals surface area contributed by atoms with Crippen molar-refractivity contribution in [3.05, 3.63) is 46.7 Å². The molecule has 0 saturated heterocycles. The maximum Gasteiger partial charge on any atom is 0.0629 e. The molecule has 0 amide bonds. The molecular formula is C16H22N2S. The van der Waals surface area contributed by atoms with Crippen LogP contribution >= 0.6 is 11.3 Å². The maximum atomic E-state index is 3.66. The van der Waals surface area contributed by atoms with Crippen LogP contribution in [-0.4, -0.2) is 14.1 Å². The van der Waals surface area contributed by atoms with Gasteiger partial charge in [0.15, 0.2) is 0 Å². The van der Waals surface area contributed by atoms with Crippen LogP contribution in [0.25, 0.3) is 0 Å². The summed E-state index contributed by atoms with van der Waals surface area (Å²) in [6, 6.07) is 13.3. The minimum atomic E-state index is 0.373. The number of rotatable bonds is 5. The average molecular weight is 274 g/mol. The van der Waals surface area contributed by atoms with Crippen LogP contribution in [0.4, 0.5) is 11.4 Å². The molecule has 3 heteroatoms. The number of hydrogen-bond donors (Lipinski definition) is 1. The number of anilines is 2. The van der Waals surface area contributed by atoms with E-state index < -0.39 is 0 Å². The summed E-state index contributed by atoms with van der Waals surface area (Å²) >= 11 is 1.82. The van der Waals surface area contributed by atoms with Gasteiger partial charge in [-0.05, 0) is 35.6 Å². The molecule has 2 rings (SSSR count). The Kier molecular flexibility index (Phi) is 4.48. The quantitative estimate of drug-likeness (QED) is 0.855. The zero-order valence-corrected chi connectivity index (χ0v) is 12.9. The fourth-order valence-electron chi connectivity index (χ4n) is 2.09. The Balaban J connectivity index is 2.20. The van der Waals surface area contributed by atoms with Crippen LogP contribution < -0.4 is 10.2 Å². The van der Waals surface area contributed by atoms with Gasteiger partial charge in [-0.15, -0.1) is 11.3 Å². The van der Waals surface area contributed by atoms with E-state index in [1.165, 1.54) is 16.3 Å². The Hall–Kier alpha value is -1.48. The molecule has 102 valence electrons. The van der Waals surface area contributed by atoms with Crippen molar-refractivity contribution in [2.45, 2.75) is 19.9 Å². The van der Waals surface area contributed by atoms with Gasteiger partial charge in [-0.3, -0.25) is 0 Å². The SMILES string of the molecule is CC(C)C(Nc1cccc(N(C)C)c1)c1cccs1. The molecule has 0 aliphatic rings. The number of benzene rings is 1. The van der Waals surface area contributed by atoms with Gasteiger partial charge in [-0.2, -0.15) is 0 Å². The highest BCUT2D eigenvalue weighted by molar-refractivity contribution is 7.10. The average Bonchev–Trinajstić information content (AvgIpc) is 2.89. The van der Waals surface area contributed by atoms with Gasteiger partial charge in [0.1, 0.15) is 0 Å². The number of hydrogen-bond acceptors (Lipinski definition) is 3. The topological polar surface area (TPSA) is 15.3 Å². The van der Waals surface area contributed by atoms with E-state index >= 15 is 0 Å². The molecule has 0 radical (unpaired) electrons. The first kappa shape index (κ1) is 13.9. The van der Waals surface area contributed by atoms with Crippen LogP contribution in [0.5, 0.6) is 0 Å². The van der Waals surface area contributed by atoms with E-state index in [4.69, 9.17) is 0 Å². The van der Waals surface area contributed by atoms with Gasteiger partial charge in [0.25, 0.3) is 0 Å². The molecule has 1 aromatic carbocycles. The molecule has 0 aliphatic carbocycles. The standard InChI is InChI=1S/C16H22N2S/c1-12(2)16(15-9-6-10-19-15)17-13-7-5-8-14(11-13)18(3)4/h5-12,16-17H,1-4H3. The molecule has 1 heterocycles. The smallest absolute Gasteiger partial charge is 0.0629 e. The first-order chi connectivity index (χ1) is 9.08. The Labute approximate surface area is 120 Å². The Morgan fingerprint density at radius 1 is 1.11 bits per heavy atom. The number of thiophene rings is 1. The highest BCUT2D eigenvalue weighted by atomic mass is 32.1. The van der Waals surface area contributed by atoms with Crippen molar-refractivity contribution in [3.8, 4) is 0 Å². The molecule has 1 aromatic heterocycles. The predicted molar refractivity (Wildman–Crippen MR) is 86.3 cm³/mol. The van der Waals surface area contributed by atoms with Crippen LogP contribution in [-0.2, 0) is 0 Å². The van der Waals surface area contributed by atoms with E-state index in [0.717, 1.165) is 0 Å². The van der Waals surface area contributed by atoms with Crippen LogP contribution in [0.3, 0.4) is 0 Å². The third-order valence-electron chi connectivity index (χ3n) is 3.20. The molecule has 0 saturated carbocycles. The summed E-state index contributed by atoms with van der Waals surface area (Å²) in [6.07, 6.45) is 0. The van der Waals surface area contributed by atoms with Gasteiger partial charge in [0.2, 0.25) is 0 Å². The molecule has 1 atom stereocenters. The minimum absolute atomic E-state index is 0.373. The summed E-state index contributed by atoms with van der Waals surface area (Å²) in [5, 5.41) is 5.80. The number of nitrogens with zero attached hydrogens (tertiary/aromatic N) is 1. The van der Waals surface area contributed by atoms with E-state index in [1.807, 2.05) is 11.3 Å². The summed E-state index contributed by atoms with van der Waals surface area (Å²) in [5.74, 6) is 0.557. The van der Waals surface area contributed by atoms with Gasteiger partial charge in [0.05, 0.1) is 6.04 Å². The van der Waals surface area contributed by atoms with Gasteiger partial charge in [0, 0.05) is 30.3 Å². The maximum absolute atomic E-state index is 3.66. The molecule has 1 N–H and O–H groups in total. The molecule has 2 nitrogen and oxygen atoms in total. The Bertz CT molecular complexity index is 503. The highest BCUT2D eigenvalue weighted by Crippen LogP contribution is 2.30. The van der Waals surface area contributed by atoms with Crippen molar-refractivity contribution in [2.24, 2.45) is 5.92 Å². The van der Waals surface area contributed by atoms with Gasteiger partial charge in [-0.1, -0.05) is 26.0 Å². The summed E-state index contributed by atoms with van der Waals surface area (Å²) in [4.78, 5) is 3.52. The number of nitrogens with one attached hydrogen (secondary N) is 1. The van der Waals surface area contributed by atoms with Crippen molar-refractivity contribution in [1.29, 1.82) is 0 Å². The molecule has 0 spiro atoms. The summed E-state index contributed by atoms with van der Waals surface area (Å²) in [5.41, 5.74) is 2.40. The van der Waals surface area contributed by atoms with E-state index in [-0.39, 0.29) is 0 Å². The molecule has 0 fully saturated rings. The largest absolute Gasteiger partial charge is 0.378 e. The summed E-state index contributed by atoms with van der Waals surface area (Å²) in [7, 11) is 4.14. The second-order valence-electron chi connectivity index (χ2n) is 5.33. The fourth-order valence-corrected chi connectivity index (χ4v) is 3.04. The molecular weight excluding hydrogens is 252 g/mol. The molecule has 0 bridgehead atoms. The van der Waals surface area contributed by atoms with Crippen molar-refractivity contribution in [1.82, 2.24) is 0 Å². The van der Waals surface area contributed by atoms with Crippen LogP contribution in [0.15, 0.2) is 41.8 Å². The third kappa shape index (κ3) is 3.51. The highest BCUT2D eigenvalue weighted by Gasteiger charge is 2.16. The lowest BCUT2D eigenvalue weighted by atomic mass is 10.0. The lowest BCUT2D eigenvalue weighted by Gasteiger charge is -2.23. The Morgan fingerprint density at radius 3 is 2.47 bits per heavy atom. The predicted octanol–water partition coefficient (Wildman–Crippen LogP) is 4.62. The van der Waals surface area contributed by atoms with E-state index in [9.17, 15) is 0 Å². The van der Waals surface area contributed by atoms with Crippen LogP contribution in [0, 0.1) is 5.92 Å². The summed E-state index contributed by atoms with van der Waals surface area (Å²) < 4.78 is 0. The monoisotopic (exact) mass is 274 g/mol. The third-order valence-corrected chi connectivity index (χ3v) is 4.16. The zero-order valence-electron chi connectivity index (χ0n) is 12.1. The molecule has 19 heavy (non-hydrogen) atoms. The first-order valence-corrected chi connectivity index (χ1v) is 7.53. The summed E-state index contributed by atoms with van der Waals surface area (Å²) in [6.45, 7) is 4.51. The van der Waals surface area contributed by atoms with Crippen molar-refractivity contribution >= 4 is 22.7 Å². The Morgan fingerprint density at radius 2 is 1.89 bits per heavy atom. The van der Waals surface area contributed by atoms with E-state index in [2.05, 4.69) is 79.9 Å². The van der Waals surface area contributed by atoms with Crippen molar-refractivity contribution in [3.63, 3.8) is 0 Å². The molecule has 1 unspecified atom stereocenters. The lowest BCUT2D eigenvalue weighted by molar-refractivity contribution is 0.554. The van der Waals surface area contributed by atoms with Crippen LogP contribution in [0.2, 0.25) is 0 Å². The normalized spacial score (nSPS) is 12.5. The lowest BCUT2D eigenvalue weighted by Crippen LogP contribution is -2.16. The van der Waals surface area contributed by atoms with Crippen molar-refractivity contribution in [2.75, 3.05) is 24.3 Å². The van der Waals surface area contributed by atoms with Gasteiger partial charge in [-0.25, -0.2) is 0 Å². The zero-order chi connectivity index (χ0) is 13.8. The second-order valence-corrected chi connectivity index (χ2v) is 6.31. The van der Waals surface area contributed by atoms with Gasteiger partial charge >= 0.3 is 0 Å². The minimum Gasteiger partial charge on any atom is -0.378 e. The van der Waals surface area contributed by atoms with E-state index in [0.29, 0.717) is 12.0 Å². The van der Waals surface area contributed by atoms with Gasteiger partial charge < -0.3 is 10.2 Å². The first-order valence-electron chi connectivity index (χ1n) is 6.65. The second kappa shape index (κ2) is 6.11. The van der Waals surface area contributed by atoms with Crippen molar-refractivity contribution < 1.29 is 0 Å². The van der Waals surface area contributed by atoms with E-state index in [1.54, 1.807) is 0 Å². The molecule has 2 aromatic rings. The fraction of sp³-hybridized carbons (Fsp3) is 0.375.